The van der Waals surface area contributed by atoms with Gasteiger partial charge in [0.25, 0.3) is 0 Å². The first-order valence-electron chi connectivity index (χ1n) is 4.47. The topological polar surface area (TPSA) is 63.1 Å². The molecule has 5 heteroatoms. The Kier molecular flexibility index (Phi) is 2.83. The molecule has 0 saturated carbocycles. The second kappa shape index (κ2) is 4.28. The third kappa shape index (κ3) is 2.01. The second-order valence-electron chi connectivity index (χ2n) is 3.11. The minimum absolute atomic E-state index is 0.0111. The van der Waals surface area contributed by atoms with Crippen LogP contribution in [-0.4, -0.2) is 21.0 Å². The van der Waals surface area contributed by atoms with Gasteiger partial charge in [-0.1, -0.05) is 17.7 Å². The van der Waals surface area contributed by atoms with Gasteiger partial charge in [0, 0.05) is 29.7 Å². The predicted octanol–water partition coefficient (Wildman–Crippen LogP) is 2.50. The van der Waals surface area contributed by atoms with E-state index in [-0.39, 0.29) is 10.7 Å². The van der Waals surface area contributed by atoms with Gasteiger partial charge in [0.2, 0.25) is 0 Å². The van der Waals surface area contributed by atoms with Crippen molar-refractivity contribution in [2.75, 3.05) is 0 Å². The number of hydrogen-bond acceptors (Lipinski definition) is 3. The highest BCUT2D eigenvalue weighted by Gasteiger charge is 2.11. The molecule has 0 saturated heterocycles. The molecule has 4 nitrogen and oxygen atoms in total. The minimum atomic E-state index is -1.09. The van der Waals surface area contributed by atoms with Crippen LogP contribution in [0.5, 0.6) is 0 Å². The van der Waals surface area contributed by atoms with Crippen LogP contribution in [0.25, 0.3) is 11.1 Å². The van der Waals surface area contributed by atoms with Crippen molar-refractivity contribution in [1.82, 2.24) is 9.97 Å². The van der Waals surface area contributed by atoms with E-state index < -0.39 is 5.97 Å². The summed E-state index contributed by atoms with van der Waals surface area (Å²) in [6, 6.07) is 5.07. The van der Waals surface area contributed by atoms with Crippen LogP contribution in [0.3, 0.4) is 0 Å². The molecule has 0 aliphatic rings. The Morgan fingerprint density at radius 2 is 2.12 bits per heavy atom. The average molecular weight is 235 g/mol. The maximum Gasteiger partial charge on any atom is 0.338 e. The molecule has 2 heterocycles. The van der Waals surface area contributed by atoms with Crippen LogP contribution in [0, 0.1) is 0 Å². The monoisotopic (exact) mass is 234 g/mol. The van der Waals surface area contributed by atoms with Gasteiger partial charge in [-0.3, -0.25) is 4.98 Å². The Balaban J connectivity index is 2.52. The van der Waals surface area contributed by atoms with Gasteiger partial charge in [-0.15, -0.1) is 0 Å². The molecule has 0 aliphatic heterocycles. The van der Waals surface area contributed by atoms with Gasteiger partial charge < -0.3 is 5.11 Å². The fourth-order valence-corrected chi connectivity index (χ4v) is 1.47. The number of pyridine rings is 2. The third-order valence-corrected chi connectivity index (χ3v) is 2.37. The zero-order valence-electron chi connectivity index (χ0n) is 8.09. The molecule has 0 unspecified atom stereocenters. The summed E-state index contributed by atoms with van der Waals surface area (Å²) < 4.78 is 0. The number of rotatable bonds is 2. The Morgan fingerprint density at radius 1 is 1.31 bits per heavy atom. The second-order valence-corrected chi connectivity index (χ2v) is 3.47. The van der Waals surface area contributed by atoms with Gasteiger partial charge in [0.05, 0.1) is 5.56 Å². The van der Waals surface area contributed by atoms with Crippen LogP contribution in [-0.2, 0) is 0 Å². The lowest BCUT2D eigenvalue weighted by molar-refractivity contribution is 0.0696. The van der Waals surface area contributed by atoms with E-state index in [9.17, 15) is 4.79 Å². The molecule has 0 atom stereocenters. The van der Waals surface area contributed by atoms with E-state index in [1.807, 2.05) is 6.07 Å². The molecule has 0 aliphatic carbocycles. The number of halogens is 1. The predicted molar refractivity (Wildman–Crippen MR) is 59.4 cm³/mol. The summed E-state index contributed by atoms with van der Waals surface area (Å²) in [4.78, 5) is 18.6. The van der Waals surface area contributed by atoms with Crippen molar-refractivity contribution in [3.05, 3.63) is 47.5 Å². The van der Waals surface area contributed by atoms with Crippen LogP contribution in [0.2, 0.25) is 5.15 Å². The Morgan fingerprint density at radius 3 is 2.75 bits per heavy atom. The van der Waals surface area contributed by atoms with E-state index in [0.29, 0.717) is 5.56 Å². The number of carboxylic acids is 1. The van der Waals surface area contributed by atoms with Gasteiger partial charge in [0.1, 0.15) is 5.15 Å². The molecular weight excluding hydrogens is 228 g/mol. The van der Waals surface area contributed by atoms with E-state index in [4.69, 9.17) is 16.7 Å². The molecule has 16 heavy (non-hydrogen) atoms. The van der Waals surface area contributed by atoms with Crippen LogP contribution in [0.15, 0.2) is 36.8 Å². The normalized spacial score (nSPS) is 10.1. The molecule has 0 bridgehead atoms. The van der Waals surface area contributed by atoms with Crippen LogP contribution >= 0.6 is 11.6 Å². The molecule has 0 spiro atoms. The summed E-state index contributed by atoms with van der Waals surface area (Å²) >= 11 is 5.67. The maximum atomic E-state index is 10.9. The Bertz CT molecular complexity index is 529. The summed E-state index contributed by atoms with van der Waals surface area (Å²) in [5, 5.41) is 8.88. The van der Waals surface area contributed by atoms with Crippen molar-refractivity contribution >= 4 is 17.6 Å². The zero-order chi connectivity index (χ0) is 11.5. The van der Waals surface area contributed by atoms with E-state index in [1.54, 1.807) is 18.5 Å². The number of carboxylic acid groups (broad SMARTS) is 1. The standard InChI is InChI=1S/C11H7ClN2O2/c12-10-9(11(15)16)4-8(6-14-10)7-2-1-3-13-5-7/h1-6H,(H,15,16). The SMILES string of the molecule is O=C(O)c1cc(-c2cccnc2)cnc1Cl. The van der Waals surface area contributed by atoms with Gasteiger partial charge in [0.15, 0.2) is 0 Å². The highest BCUT2D eigenvalue weighted by Crippen LogP contribution is 2.22. The van der Waals surface area contributed by atoms with Crippen LogP contribution < -0.4 is 0 Å². The van der Waals surface area contributed by atoms with Gasteiger partial charge >= 0.3 is 5.97 Å². The molecular formula is C11H7ClN2O2. The van der Waals surface area contributed by atoms with Gasteiger partial charge in [-0.25, -0.2) is 9.78 Å². The van der Waals surface area contributed by atoms with E-state index >= 15 is 0 Å². The molecule has 0 radical (unpaired) electrons. The highest BCUT2D eigenvalue weighted by atomic mass is 35.5. The quantitative estimate of drug-likeness (QED) is 0.811. The number of nitrogens with zero attached hydrogens (tertiary/aromatic N) is 2. The molecule has 1 N–H and O–H groups in total. The Hall–Kier alpha value is -1.94. The molecule has 2 rings (SSSR count). The molecule has 0 fully saturated rings. The lowest BCUT2D eigenvalue weighted by Gasteiger charge is -2.03. The van der Waals surface area contributed by atoms with Crippen molar-refractivity contribution in [2.45, 2.75) is 0 Å². The average Bonchev–Trinajstić information content (AvgIpc) is 2.30. The molecule has 2 aromatic heterocycles. The summed E-state index contributed by atoms with van der Waals surface area (Å²) in [5.74, 6) is -1.09. The first-order valence-corrected chi connectivity index (χ1v) is 4.85. The first kappa shape index (κ1) is 10.6. The van der Waals surface area contributed by atoms with Crippen molar-refractivity contribution in [3.63, 3.8) is 0 Å². The number of hydrogen-bond donors (Lipinski definition) is 1. The molecule has 0 amide bonds. The lowest BCUT2D eigenvalue weighted by atomic mass is 10.1. The summed E-state index contributed by atoms with van der Waals surface area (Å²) in [7, 11) is 0. The summed E-state index contributed by atoms with van der Waals surface area (Å²) in [6.07, 6.45) is 4.80. The minimum Gasteiger partial charge on any atom is -0.478 e. The van der Waals surface area contributed by atoms with Crippen LogP contribution in [0.4, 0.5) is 0 Å². The summed E-state index contributed by atoms with van der Waals surface area (Å²) in [5.41, 5.74) is 1.46. The maximum absolute atomic E-state index is 10.9. The fraction of sp³-hybridized carbons (Fsp3) is 0. The Labute approximate surface area is 96.6 Å². The van der Waals surface area contributed by atoms with Crippen molar-refractivity contribution in [1.29, 1.82) is 0 Å². The molecule has 0 aromatic carbocycles. The van der Waals surface area contributed by atoms with E-state index in [2.05, 4.69) is 9.97 Å². The van der Waals surface area contributed by atoms with Gasteiger partial charge in [-0.05, 0) is 12.1 Å². The van der Waals surface area contributed by atoms with Crippen molar-refractivity contribution in [2.24, 2.45) is 0 Å². The first-order chi connectivity index (χ1) is 7.68. The molecule has 80 valence electrons. The fourth-order valence-electron chi connectivity index (χ4n) is 1.29. The van der Waals surface area contributed by atoms with Gasteiger partial charge in [-0.2, -0.15) is 0 Å². The van der Waals surface area contributed by atoms with Crippen molar-refractivity contribution in [3.8, 4) is 11.1 Å². The zero-order valence-corrected chi connectivity index (χ0v) is 8.85. The largest absolute Gasteiger partial charge is 0.478 e. The van der Waals surface area contributed by atoms with Crippen LogP contribution in [0.1, 0.15) is 10.4 Å². The highest BCUT2D eigenvalue weighted by molar-refractivity contribution is 6.32. The third-order valence-electron chi connectivity index (χ3n) is 2.06. The number of carbonyl (C=O) groups is 1. The molecule has 2 aromatic rings. The number of aromatic carboxylic acids is 1. The number of aromatic nitrogens is 2. The smallest absolute Gasteiger partial charge is 0.338 e. The lowest BCUT2D eigenvalue weighted by Crippen LogP contribution is -1.99. The summed E-state index contributed by atoms with van der Waals surface area (Å²) in [6.45, 7) is 0. The van der Waals surface area contributed by atoms with Crippen molar-refractivity contribution < 1.29 is 9.90 Å². The van der Waals surface area contributed by atoms with E-state index in [1.165, 1.54) is 12.3 Å². The van der Waals surface area contributed by atoms with E-state index in [0.717, 1.165) is 5.56 Å².